The highest BCUT2D eigenvalue weighted by Gasteiger charge is 2.33. The number of carbonyl (C=O) groups is 2. The van der Waals surface area contributed by atoms with Crippen molar-refractivity contribution in [2.24, 2.45) is 7.05 Å². The van der Waals surface area contributed by atoms with Crippen molar-refractivity contribution in [3.05, 3.63) is 18.0 Å². The van der Waals surface area contributed by atoms with Crippen LogP contribution in [0.2, 0.25) is 0 Å². The summed E-state index contributed by atoms with van der Waals surface area (Å²) in [5, 5.41) is 7.08. The van der Waals surface area contributed by atoms with Gasteiger partial charge in [0.15, 0.2) is 0 Å². The van der Waals surface area contributed by atoms with E-state index in [0.717, 1.165) is 18.5 Å². The predicted molar refractivity (Wildman–Crippen MR) is 79.0 cm³/mol. The molecule has 2 saturated heterocycles. The number of hydrogen-bond acceptors (Lipinski definition) is 4. The first-order chi connectivity index (χ1) is 10.6. The van der Waals surface area contributed by atoms with Gasteiger partial charge in [-0.2, -0.15) is 5.10 Å². The molecule has 7 nitrogen and oxygen atoms in total. The smallest absolute Gasteiger partial charge is 0.246 e. The van der Waals surface area contributed by atoms with Crippen LogP contribution in [0.4, 0.5) is 0 Å². The molecule has 1 aromatic heterocycles. The first kappa shape index (κ1) is 15.0. The Morgan fingerprint density at radius 2 is 2.27 bits per heavy atom. The van der Waals surface area contributed by atoms with E-state index in [-0.39, 0.29) is 30.6 Å². The van der Waals surface area contributed by atoms with Gasteiger partial charge in [0.1, 0.15) is 6.61 Å². The number of carbonyl (C=O) groups excluding carboxylic acids is 2. The number of nitrogens with zero attached hydrogens (tertiary/aromatic N) is 3. The fraction of sp³-hybridized carbons (Fsp3) is 0.667. The average Bonchev–Trinajstić information content (AvgIpc) is 2.79. The molecular weight excluding hydrogens is 284 g/mol. The Balaban J connectivity index is 1.53. The van der Waals surface area contributed by atoms with Crippen LogP contribution in [-0.2, 0) is 27.8 Å². The lowest BCUT2D eigenvalue weighted by Gasteiger charge is -2.30. The molecule has 1 aromatic rings. The van der Waals surface area contributed by atoms with E-state index in [4.69, 9.17) is 4.74 Å². The number of aromatic nitrogens is 2. The first-order valence-electron chi connectivity index (χ1n) is 7.79. The van der Waals surface area contributed by atoms with Gasteiger partial charge in [-0.3, -0.25) is 14.3 Å². The van der Waals surface area contributed by atoms with Gasteiger partial charge < -0.3 is 15.0 Å². The standard InChI is InChI=1S/C15H22N4O3/c1-18-11(4-7-16-18)2-3-15(21)19-8-5-12-13(6-9-19)22-10-14(20)17-12/h4,7,12-13H,2-3,5-6,8-10H2,1H3,(H,17,20)/t12-,13-/m0/s1. The van der Waals surface area contributed by atoms with Crippen molar-refractivity contribution in [2.75, 3.05) is 19.7 Å². The zero-order valence-corrected chi connectivity index (χ0v) is 12.8. The summed E-state index contributed by atoms with van der Waals surface area (Å²) < 4.78 is 7.37. The highest BCUT2D eigenvalue weighted by Crippen LogP contribution is 2.18. The molecule has 7 heteroatoms. The first-order valence-corrected chi connectivity index (χ1v) is 7.79. The van der Waals surface area contributed by atoms with Crippen molar-refractivity contribution in [2.45, 2.75) is 37.8 Å². The van der Waals surface area contributed by atoms with Crippen LogP contribution in [-0.4, -0.2) is 58.3 Å². The number of fused-ring (bicyclic) bond motifs is 1. The molecule has 2 aliphatic rings. The number of nitrogens with one attached hydrogen (secondary N) is 1. The molecule has 120 valence electrons. The maximum atomic E-state index is 12.4. The molecule has 22 heavy (non-hydrogen) atoms. The van der Waals surface area contributed by atoms with Gasteiger partial charge in [-0.05, 0) is 25.3 Å². The molecule has 2 aliphatic heterocycles. The molecule has 0 saturated carbocycles. The van der Waals surface area contributed by atoms with Crippen molar-refractivity contribution in [3.63, 3.8) is 0 Å². The van der Waals surface area contributed by atoms with Crippen molar-refractivity contribution < 1.29 is 14.3 Å². The van der Waals surface area contributed by atoms with Crippen LogP contribution in [0, 0.1) is 0 Å². The molecule has 0 radical (unpaired) electrons. The van der Waals surface area contributed by atoms with E-state index >= 15 is 0 Å². The number of hydrogen-bond donors (Lipinski definition) is 1. The number of aryl methyl sites for hydroxylation is 2. The van der Waals surface area contributed by atoms with Gasteiger partial charge in [0.25, 0.3) is 0 Å². The molecular formula is C15H22N4O3. The van der Waals surface area contributed by atoms with Crippen LogP contribution < -0.4 is 5.32 Å². The highest BCUT2D eigenvalue weighted by atomic mass is 16.5. The average molecular weight is 306 g/mol. The van der Waals surface area contributed by atoms with Gasteiger partial charge >= 0.3 is 0 Å². The van der Waals surface area contributed by atoms with E-state index in [1.54, 1.807) is 10.9 Å². The van der Waals surface area contributed by atoms with Crippen LogP contribution in [0.15, 0.2) is 12.3 Å². The quantitative estimate of drug-likeness (QED) is 0.843. The second kappa shape index (κ2) is 6.48. The van der Waals surface area contributed by atoms with E-state index < -0.39 is 0 Å². The van der Waals surface area contributed by atoms with Crippen molar-refractivity contribution in [3.8, 4) is 0 Å². The molecule has 2 amide bonds. The summed E-state index contributed by atoms with van der Waals surface area (Å²) in [6, 6.07) is 1.98. The van der Waals surface area contributed by atoms with E-state index in [1.807, 2.05) is 18.0 Å². The third-order valence-corrected chi connectivity index (χ3v) is 4.49. The normalized spacial score (nSPS) is 25.3. The van der Waals surface area contributed by atoms with Gasteiger partial charge in [0.05, 0.1) is 12.1 Å². The monoisotopic (exact) mass is 306 g/mol. The Morgan fingerprint density at radius 3 is 3.05 bits per heavy atom. The van der Waals surface area contributed by atoms with Gasteiger partial charge in [-0.25, -0.2) is 0 Å². The summed E-state index contributed by atoms with van der Waals surface area (Å²) in [5.74, 6) is 0.100. The number of amides is 2. The SMILES string of the molecule is Cn1nccc1CCC(=O)N1CC[C@@H]2NC(=O)CO[C@H]2CC1. The summed E-state index contributed by atoms with van der Waals surface area (Å²) >= 11 is 0. The third-order valence-electron chi connectivity index (χ3n) is 4.49. The predicted octanol–water partition coefficient (Wildman–Crippen LogP) is -0.141. The van der Waals surface area contributed by atoms with Gasteiger partial charge in [-0.1, -0.05) is 0 Å². The topological polar surface area (TPSA) is 76.5 Å². The van der Waals surface area contributed by atoms with Crippen LogP contribution in [0.1, 0.15) is 25.0 Å². The zero-order valence-electron chi connectivity index (χ0n) is 12.8. The summed E-state index contributed by atoms with van der Waals surface area (Å²) in [5.41, 5.74) is 1.06. The van der Waals surface area contributed by atoms with E-state index in [2.05, 4.69) is 10.4 Å². The van der Waals surface area contributed by atoms with Gasteiger partial charge in [0, 0.05) is 38.4 Å². The molecule has 0 aliphatic carbocycles. The second-order valence-electron chi connectivity index (χ2n) is 5.93. The summed E-state index contributed by atoms with van der Waals surface area (Å²) in [6.45, 7) is 1.51. The lowest BCUT2D eigenvalue weighted by molar-refractivity contribution is -0.137. The Morgan fingerprint density at radius 1 is 1.45 bits per heavy atom. The summed E-state index contributed by atoms with van der Waals surface area (Å²) in [4.78, 5) is 25.7. The lowest BCUT2D eigenvalue weighted by Crippen LogP contribution is -2.51. The fourth-order valence-electron chi connectivity index (χ4n) is 3.16. The Bertz CT molecular complexity index is 557. The molecule has 3 heterocycles. The molecule has 2 atom stereocenters. The van der Waals surface area contributed by atoms with E-state index in [1.165, 1.54) is 0 Å². The van der Waals surface area contributed by atoms with E-state index in [0.29, 0.717) is 25.9 Å². The fourth-order valence-corrected chi connectivity index (χ4v) is 3.16. The van der Waals surface area contributed by atoms with E-state index in [9.17, 15) is 9.59 Å². The number of rotatable bonds is 3. The Kier molecular flexibility index (Phi) is 4.42. The van der Waals surface area contributed by atoms with Gasteiger partial charge in [0.2, 0.25) is 11.8 Å². The molecule has 0 spiro atoms. The minimum absolute atomic E-state index is 0.0348. The minimum atomic E-state index is -0.0581. The molecule has 3 rings (SSSR count). The number of likely N-dealkylation sites (tertiary alicyclic amines) is 1. The molecule has 0 aromatic carbocycles. The third kappa shape index (κ3) is 3.30. The summed E-state index contributed by atoms with van der Waals surface area (Å²) in [7, 11) is 1.89. The molecule has 0 bridgehead atoms. The Hall–Kier alpha value is -1.89. The summed E-state index contributed by atoms with van der Waals surface area (Å²) in [6.07, 6.45) is 4.51. The largest absolute Gasteiger partial charge is 0.366 e. The van der Waals surface area contributed by atoms with Crippen LogP contribution in [0.25, 0.3) is 0 Å². The molecule has 0 unspecified atom stereocenters. The van der Waals surface area contributed by atoms with Crippen molar-refractivity contribution in [1.82, 2.24) is 20.0 Å². The zero-order chi connectivity index (χ0) is 15.5. The van der Waals surface area contributed by atoms with Crippen LogP contribution in [0.5, 0.6) is 0 Å². The van der Waals surface area contributed by atoms with Crippen LogP contribution in [0.3, 0.4) is 0 Å². The highest BCUT2D eigenvalue weighted by molar-refractivity contribution is 5.78. The molecule has 1 N–H and O–H groups in total. The van der Waals surface area contributed by atoms with Crippen LogP contribution >= 0.6 is 0 Å². The maximum absolute atomic E-state index is 12.4. The number of ether oxygens (including phenoxy) is 1. The second-order valence-corrected chi connectivity index (χ2v) is 5.93. The van der Waals surface area contributed by atoms with Crippen molar-refractivity contribution >= 4 is 11.8 Å². The Labute approximate surface area is 129 Å². The van der Waals surface area contributed by atoms with Gasteiger partial charge in [-0.15, -0.1) is 0 Å². The minimum Gasteiger partial charge on any atom is -0.366 e. The maximum Gasteiger partial charge on any atom is 0.246 e. The number of morpholine rings is 1. The lowest BCUT2D eigenvalue weighted by atomic mass is 10.0. The molecule has 2 fully saturated rings. The van der Waals surface area contributed by atoms with Crippen molar-refractivity contribution in [1.29, 1.82) is 0 Å².